The van der Waals surface area contributed by atoms with Gasteiger partial charge in [-0.2, -0.15) is 0 Å². The summed E-state index contributed by atoms with van der Waals surface area (Å²) in [5, 5.41) is 4.97. The number of fused-ring (bicyclic) bond motifs is 1. The number of nitrogens with one attached hydrogen (secondary N) is 3. The number of thiazole rings is 1. The molecule has 8 heteroatoms. The molecule has 0 saturated carbocycles. The standard InChI is InChI=1S/C21H25N5O2S/c1-15-4-3-5-16(2)20(15)23-18(27)14-25-8-6-24(7-9-25)13-17-12-19(28)26-10-11-29-21(26)22-17/h3-5,10-12H,6-9,13-14H2,1-2H3,(H,23,27)/p+2. The highest BCUT2D eigenvalue weighted by Gasteiger charge is 2.25. The van der Waals surface area contributed by atoms with E-state index in [0.29, 0.717) is 6.54 Å². The maximum atomic E-state index is 12.5. The highest BCUT2D eigenvalue weighted by Crippen LogP contribution is 2.18. The maximum absolute atomic E-state index is 12.5. The minimum atomic E-state index is -0.0157. The predicted molar refractivity (Wildman–Crippen MR) is 114 cm³/mol. The van der Waals surface area contributed by atoms with E-state index < -0.39 is 0 Å². The van der Waals surface area contributed by atoms with E-state index in [1.807, 2.05) is 37.4 Å². The number of hydrogen-bond acceptors (Lipinski definition) is 4. The molecule has 7 nitrogen and oxygen atoms in total. The summed E-state index contributed by atoms with van der Waals surface area (Å²) in [5.74, 6) is 0.0682. The van der Waals surface area contributed by atoms with Crippen LogP contribution >= 0.6 is 11.3 Å². The smallest absolute Gasteiger partial charge is 0.279 e. The fourth-order valence-corrected chi connectivity index (χ4v) is 4.71. The number of aryl methyl sites for hydroxylation is 2. The Morgan fingerprint density at radius 2 is 1.86 bits per heavy atom. The average Bonchev–Trinajstić information content (AvgIpc) is 3.16. The van der Waals surface area contributed by atoms with Crippen molar-refractivity contribution in [2.24, 2.45) is 0 Å². The lowest BCUT2D eigenvalue weighted by Gasteiger charge is -2.29. The van der Waals surface area contributed by atoms with Crippen molar-refractivity contribution < 1.29 is 14.6 Å². The largest absolute Gasteiger partial charge is 0.321 e. The van der Waals surface area contributed by atoms with E-state index in [-0.39, 0.29) is 11.5 Å². The van der Waals surface area contributed by atoms with Gasteiger partial charge < -0.3 is 15.1 Å². The molecular weight excluding hydrogens is 386 g/mol. The minimum Gasteiger partial charge on any atom is -0.321 e. The first-order chi connectivity index (χ1) is 14.0. The van der Waals surface area contributed by atoms with Gasteiger partial charge >= 0.3 is 0 Å². The third-order valence-electron chi connectivity index (χ3n) is 5.61. The maximum Gasteiger partial charge on any atom is 0.279 e. The summed E-state index contributed by atoms with van der Waals surface area (Å²) in [4.78, 5) is 32.7. The van der Waals surface area contributed by atoms with E-state index in [0.717, 1.165) is 60.2 Å². The Balaban J connectivity index is 1.30. The van der Waals surface area contributed by atoms with E-state index in [9.17, 15) is 9.59 Å². The number of para-hydroxylation sites is 1. The summed E-state index contributed by atoms with van der Waals surface area (Å²) < 4.78 is 1.58. The molecule has 1 aliphatic rings. The predicted octanol–water partition coefficient (Wildman–Crippen LogP) is -0.705. The Bertz CT molecular complexity index is 1060. The SMILES string of the molecule is Cc1cccc(C)c1NC(=O)C[NH+]1CC[NH+](Cc2cc(=O)n3ccsc3n2)CC1. The highest BCUT2D eigenvalue weighted by molar-refractivity contribution is 7.15. The molecule has 152 valence electrons. The molecule has 1 aromatic carbocycles. The molecule has 3 aromatic rings. The van der Waals surface area contributed by atoms with E-state index in [4.69, 9.17) is 0 Å². The van der Waals surface area contributed by atoms with Crippen molar-refractivity contribution in [1.29, 1.82) is 0 Å². The fourth-order valence-electron chi connectivity index (χ4n) is 3.97. The summed E-state index contributed by atoms with van der Waals surface area (Å²) in [6.45, 7) is 9.10. The third kappa shape index (κ3) is 4.55. The molecule has 3 N–H and O–H groups in total. The van der Waals surface area contributed by atoms with Crippen LogP contribution in [0, 0.1) is 13.8 Å². The van der Waals surface area contributed by atoms with Gasteiger partial charge in [0.1, 0.15) is 38.4 Å². The number of piperazine rings is 1. The van der Waals surface area contributed by atoms with Crippen molar-refractivity contribution in [1.82, 2.24) is 9.38 Å². The number of rotatable bonds is 5. The number of nitrogens with zero attached hydrogens (tertiary/aromatic N) is 2. The second-order valence-corrected chi connectivity index (χ2v) is 8.68. The van der Waals surface area contributed by atoms with Crippen LogP contribution in [0.3, 0.4) is 0 Å². The van der Waals surface area contributed by atoms with Crippen LogP contribution in [-0.2, 0) is 11.3 Å². The first-order valence-corrected chi connectivity index (χ1v) is 10.9. The summed E-state index contributed by atoms with van der Waals surface area (Å²) in [5.41, 5.74) is 3.95. The summed E-state index contributed by atoms with van der Waals surface area (Å²) in [6.07, 6.45) is 1.76. The van der Waals surface area contributed by atoms with Crippen LogP contribution in [0.4, 0.5) is 5.69 Å². The Kier molecular flexibility index (Phi) is 5.75. The van der Waals surface area contributed by atoms with Gasteiger partial charge in [-0.1, -0.05) is 18.2 Å². The Morgan fingerprint density at radius 1 is 1.17 bits per heavy atom. The molecule has 0 atom stereocenters. The number of carbonyl (C=O) groups excluding carboxylic acids is 1. The van der Waals surface area contributed by atoms with Crippen LogP contribution in [0.1, 0.15) is 16.8 Å². The monoisotopic (exact) mass is 413 g/mol. The lowest BCUT2D eigenvalue weighted by atomic mass is 10.1. The van der Waals surface area contributed by atoms with Gasteiger partial charge in [-0.3, -0.25) is 14.0 Å². The molecule has 0 spiro atoms. The topological polar surface area (TPSA) is 72.3 Å². The number of quaternary nitrogens is 2. The number of carbonyl (C=O) groups is 1. The number of anilines is 1. The molecule has 3 heterocycles. The van der Waals surface area contributed by atoms with E-state index in [1.165, 1.54) is 21.1 Å². The van der Waals surface area contributed by atoms with Gasteiger partial charge in [0.25, 0.3) is 11.5 Å². The van der Waals surface area contributed by atoms with Gasteiger partial charge in [0.05, 0.1) is 0 Å². The summed E-state index contributed by atoms with van der Waals surface area (Å²) >= 11 is 1.48. The van der Waals surface area contributed by atoms with Crippen molar-refractivity contribution in [3.05, 3.63) is 63.0 Å². The molecule has 29 heavy (non-hydrogen) atoms. The number of aromatic nitrogens is 2. The van der Waals surface area contributed by atoms with Crippen LogP contribution in [0.15, 0.2) is 40.6 Å². The molecule has 0 radical (unpaired) electrons. The zero-order valence-corrected chi connectivity index (χ0v) is 17.6. The number of amides is 1. The van der Waals surface area contributed by atoms with Gasteiger partial charge in [0, 0.05) is 23.3 Å². The molecule has 0 aliphatic carbocycles. The molecular formula is C21H27N5O2S+2. The van der Waals surface area contributed by atoms with Crippen molar-refractivity contribution in [2.45, 2.75) is 20.4 Å². The van der Waals surface area contributed by atoms with Crippen LogP contribution in [-0.4, -0.2) is 48.0 Å². The van der Waals surface area contributed by atoms with Gasteiger partial charge in [-0.05, 0) is 25.0 Å². The summed E-state index contributed by atoms with van der Waals surface area (Å²) in [7, 11) is 0. The second kappa shape index (κ2) is 8.44. The Morgan fingerprint density at radius 3 is 2.59 bits per heavy atom. The van der Waals surface area contributed by atoms with E-state index in [2.05, 4.69) is 10.3 Å². The average molecular weight is 414 g/mol. The lowest BCUT2D eigenvalue weighted by Crippen LogP contribution is -3.28. The molecule has 1 fully saturated rings. The van der Waals surface area contributed by atoms with Gasteiger partial charge in [0.2, 0.25) is 0 Å². The van der Waals surface area contributed by atoms with Crippen molar-refractivity contribution in [2.75, 3.05) is 38.0 Å². The van der Waals surface area contributed by atoms with E-state index in [1.54, 1.807) is 16.7 Å². The van der Waals surface area contributed by atoms with Gasteiger partial charge in [0.15, 0.2) is 11.5 Å². The van der Waals surface area contributed by atoms with Crippen molar-refractivity contribution >= 4 is 27.9 Å². The quantitative estimate of drug-likeness (QED) is 0.518. The lowest BCUT2D eigenvalue weighted by molar-refractivity contribution is -1.02. The van der Waals surface area contributed by atoms with Crippen LogP contribution in [0.5, 0.6) is 0 Å². The second-order valence-electron chi connectivity index (χ2n) is 7.81. The third-order valence-corrected chi connectivity index (χ3v) is 6.36. The first kappa shape index (κ1) is 19.8. The van der Waals surface area contributed by atoms with Crippen LogP contribution in [0.25, 0.3) is 4.96 Å². The first-order valence-electron chi connectivity index (χ1n) is 9.98. The minimum absolute atomic E-state index is 0.0157. The molecule has 1 aliphatic heterocycles. The van der Waals surface area contributed by atoms with Crippen LogP contribution < -0.4 is 20.7 Å². The zero-order valence-electron chi connectivity index (χ0n) is 16.8. The molecule has 4 rings (SSSR count). The van der Waals surface area contributed by atoms with Crippen molar-refractivity contribution in [3.8, 4) is 0 Å². The number of benzene rings is 1. The summed E-state index contributed by atoms with van der Waals surface area (Å²) in [6, 6.07) is 7.69. The molecule has 0 unspecified atom stereocenters. The van der Waals surface area contributed by atoms with Gasteiger partial charge in [-0.15, -0.1) is 11.3 Å². The molecule has 1 amide bonds. The molecule has 0 bridgehead atoms. The Hall–Kier alpha value is -2.55. The fraction of sp³-hybridized carbons (Fsp3) is 0.381. The van der Waals surface area contributed by atoms with E-state index >= 15 is 0 Å². The zero-order chi connectivity index (χ0) is 20.4. The number of hydrogen-bond donors (Lipinski definition) is 3. The van der Waals surface area contributed by atoms with Crippen molar-refractivity contribution in [3.63, 3.8) is 0 Å². The van der Waals surface area contributed by atoms with Crippen LogP contribution in [0.2, 0.25) is 0 Å². The Labute approximate surface area is 173 Å². The highest BCUT2D eigenvalue weighted by atomic mass is 32.1. The molecule has 2 aromatic heterocycles. The molecule has 1 saturated heterocycles. The van der Waals surface area contributed by atoms with Gasteiger partial charge in [-0.25, -0.2) is 4.98 Å². The normalized spacial score (nSPS) is 19.4.